The zero-order chi connectivity index (χ0) is 14.6. The zero-order valence-corrected chi connectivity index (χ0v) is 13.2. The second kappa shape index (κ2) is 6.90. The van der Waals surface area contributed by atoms with Gasteiger partial charge in [0.1, 0.15) is 0 Å². The van der Waals surface area contributed by atoms with E-state index in [1.807, 2.05) is 6.92 Å². The van der Waals surface area contributed by atoms with Crippen LogP contribution in [-0.2, 0) is 4.79 Å². The number of hydrogen-bond acceptors (Lipinski definition) is 3. The van der Waals surface area contributed by atoms with Crippen LogP contribution in [0.25, 0.3) is 0 Å². The second-order valence-corrected chi connectivity index (χ2v) is 6.84. The lowest BCUT2D eigenvalue weighted by Crippen LogP contribution is -2.56. The summed E-state index contributed by atoms with van der Waals surface area (Å²) in [4.78, 5) is 14.4. The molecule has 3 N–H and O–H groups in total. The molecule has 2 unspecified atom stereocenters. The van der Waals surface area contributed by atoms with Gasteiger partial charge in [-0.05, 0) is 52.0 Å². The van der Waals surface area contributed by atoms with Gasteiger partial charge < -0.3 is 16.0 Å². The van der Waals surface area contributed by atoms with E-state index in [-0.39, 0.29) is 5.91 Å². The summed E-state index contributed by atoms with van der Waals surface area (Å²) in [6.45, 7) is 6.41. The first-order valence-corrected chi connectivity index (χ1v) is 8.37. The number of piperidine rings is 1. The summed E-state index contributed by atoms with van der Waals surface area (Å²) in [5.41, 5.74) is 5.10. The monoisotopic (exact) mass is 281 g/mol. The molecule has 2 atom stereocenters. The van der Waals surface area contributed by atoms with E-state index in [4.69, 9.17) is 5.73 Å². The Morgan fingerprint density at radius 3 is 2.70 bits per heavy atom. The fourth-order valence-corrected chi connectivity index (χ4v) is 3.33. The average molecular weight is 281 g/mol. The van der Waals surface area contributed by atoms with Crippen molar-refractivity contribution in [2.24, 2.45) is 5.73 Å². The molecule has 1 aliphatic heterocycles. The molecule has 2 fully saturated rings. The van der Waals surface area contributed by atoms with E-state index >= 15 is 0 Å². The molecule has 1 heterocycles. The number of carbonyl (C=O) groups excluding carboxylic acids is 1. The minimum Gasteiger partial charge on any atom is -0.368 e. The molecule has 0 spiro atoms. The van der Waals surface area contributed by atoms with Crippen LogP contribution < -0.4 is 11.1 Å². The number of nitrogens with one attached hydrogen (secondary N) is 1. The Morgan fingerprint density at radius 2 is 2.10 bits per heavy atom. The van der Waals surface area contributed by atoms with Crippen molar-refractivity contribution in [1.29, 1.82) is 0 Å². The van der Waals surface area contributed by atoms with Gasteiger partial charge in [0.25, 0.3) is 0 Å². The van der Waals surface area contributed by atoms with Gasteiger partial charge in [0.05, 0.1) is 5.54 Å². The van der Waals surface area contributed by atoms with Crippen molar-refractivity contribution in [3.63, 3.8) is 0 Å². The molecule has 0 aromatic carbocycles. The summed E-state index contributed by atoms with van der Waals surface area (Å²) in [5.74, 6) is -0.201. The summed E-state index contributed by atoms with van der Waals surface area (Å²) < 4.78 is 0. The van der Waals surface area contributed by atoms with Crippen molar-refractivity contribution in [1.82, 2.24) is 10.2 Å². The van der Waals surface area contributed by atoms with Crippen LogP contribution in [-0.4, -0.2) is 41.5 Å². The third-order valence-electron chi connectivity index (χ3n) is 4.91. The molecule has 0 aromatic rings. The van der Waals surface area contributed by atoms with Gasteiger partial charge in [-0.25, -0.2) is 0 Å². The van der Waals surface area contributed by atoms with Crippen LogP contribution >= 0.6 is 0 Å². The smallest absolute Gasteiger partial charge is 0.237 e. The number of rotatable bonds is 8. The van der Waals surface area contributed by atoms with E-state index in [9.17, 15) is 4.79 Å². The number of nitrogens with zero attached hydrogens (tertiary/aromatic N) is 1. The standard InChI is InChI=1S/C16H31N3O/c1-3-6-14-7-4-5-11-19(14)12-10-16(2,15(17)20)18-13-8-9-13/h13-14,18H,3-12H2,1-2H3,(H2,17,20). The predicted molar refractivity (Wildman–Crippen MR) is 82.5 cm³/mol. The minimum atomic E-state index is -0.532. The fourth-order valence-electron chi connectivity index (χ4n) is 3.33. The molecule has 4 nitrogen and oxygen atoms in total. The minimum absolute atomic E-state index is 0.201. The zero-order valence-electron chi connectivity index (χ0n) is 13.2. The van der Waals surface area contributed by atoms with Gasteiger partial charge in [-0.3, -0.25) is 4.79 Å². The van der Waals surface area contributed by atoms with Crippen LogP contribution in [0.3, 0.4) is 0 Å². The Hall–Kier alpha value is -0.610. The van der Waals surface area contributed by atoms with E-state index < -0.39 is 5.54 Å². The van der Waals surface area contributed by atoms with Crippen LogP contribution in [0.4, 0.5) is 0 Å². The first-order valence-electron chi connectivity index (χ1n) is 8.37. The molecule has 1 amide bonds. The lowest BCUT2D eigenvalue weighted by molar-refractivity contribution is -0.124. The third kappa shape index (κ3) is 4.19. The Morgan fingerprint density at radius 1 is 1.35 bits per heavy atom. The van der Waals surface area contributed by atoms with Gasteiger partial charge in [-0.1, -0.05) is 19.8 Å². The number of amides is 1. The van der Waals surface area contributed by atoms with E-state index in [0.29, 0.717) is 12.1 Å². The number of hydrogen-bond donors (Lipinski definition) is 2. The molecular weight excluding hydrogens is 250 g/mol. The predicted octanol–water partition coefficient (Wildman–Crippen LogP) is 2.03. The quantitative estimate of drug-likeness (QED) is 0.715. The maximum absolute atomic E-state index is 11.8. The summed E-state index contributed by atoms with van der Waals surface area (Å²) in [6.07, 6.45) is 9.70. The molecular formula is C16H31N3O. The van der Waals surface area contributed by atoms with Gasteiger partial charge in [-0.15, -0.1) is 0 Å². The Balaban J connectivity index is 1.88. The molecule has 1 saturated carbocycles. The summed E-state index contributed by atoms with van der Waals surface area (Å²) in [5, 5.41) is 3.45. The number of likely N-dealkylation sites (tertiary alicyclic amines) is 1. The van der Waals surface area contributed by atoms with Crippen LogP contribution in [0.2, 0.25) is 0 Å². The van der Waals surface area contributed by atoms with Crippen molar-refractivity contribution in [2.45, 2.75) is 82.8 Å². The molecule has 1 aliphatic carbocycles. The number of primary amides is 1. The van der Waals surface area contributed by atoms with E-state index in [1.165, 1.54) is 51.5 Å². The molecule has 0 bridgehead atoms. The average Bonchev–Trinajstić information content (AvgIpc) is 3.22. The Labute approximate surface area is 123 Å². The largest absolute Gasteiger partial charge is 0.368 e. The first-order chi connectivity index (χ1) is 9.55. The fraction of sp³-hybridized carbons (Fsp3) is 0.938. The SMILES string of the molecule is CCCC1CCCCN1CCC(C)(NC1CC1)C(N)=O. The molecule has 2 rings (SSSR count). The third-order valence-corrected chi connectivity index (χ3v) is 4.91. The lowest BCUT2D eigenvalue weighted by Gasteiger charge is -2.38. The van der Waals surface area contributed by atoms with Gasteiger partial charge in [0.2, 0.25) is 5.91 Å². The van der Waals surface area contributed by atoms with Gasteiger partial charge in [-0.2, -0.15) is 0 Å². The summed E-state index contributed by atoms with van der Waals surface area (Å²) in [6, 6.07) is 1.23. The van der Waals surface area contributed by atoms with Crippen molar-refractivity contribution < 1.29 is 4.79 Å². The molecule has 4 heteroatoms. The number of nitrogens with two attached hydrogens (primary N) is 1. The first kappa shape index (κ1) is 15.8. The van der Waals surface area contributed by atoms with Crippen LogP contribution in [0.1, 0.15) is 65.2 Å². The summed E-state index contributed by atoms with van der Waals surface area (Å²) in [7, 11) is 0. The topological polar surface area (TPSA) is 58.4 Å². The van der Waals surface area contributed by atoms with E-state index in [2.05, 4.69) is 17.1 Å². The maximum Gasteiger partial charge on any atom is 0.237 e. The van der Waals surface area contributed by atoms with Gasteiger partial charge >= 0.3 is 0 Å². The normalized spacial score (nSPS) is 27.2. The molecule has 20 heavy (non-hydrogen) atoms. The molecule has 2 aliphatic rings. The van der Waals surface area contributed by atoms with Crippen molar-refractivity contribution in [3.8, 4) is 0 Å². The summed E-state index contributed by atoms with van der Waals surface area (Å²) >= 11 is 0. The molecule has 0 radical (unpaired) electrons. The molecule has 1 saturated heterocycles. The van der Waals surface area contributed by atoms with E-state index in [1.54, 1.807) is 0 Å². The highest BCUT2D eigenvalue weighted by Gasteiger charge is 2.37. The lowest BCUT2D eigenvalue weighted by atomic mass is 9.93. The molecule has 116 valence electrons. The highest BCUT2D eigenvalue weighted by molar-refractivity contribution is 5.84. The van der Waals surface area contributed by atoms with E-state index in [0.717, 1.165) is 13.0 Å². The van der Waals surface area contributed by atoms with Crippen LogP contribution in [0, 0.1) is 0 Å². The number of carbonyl (C=O) groups is 1. The van der Waals surface area contributed by atoms with Crippen molar-refractivity contribution >= 4 is 5.91 Å². The van der Waals surface area contributed by atoms with Crippen LogP contribution in [0.15, 0.2) is 0 Å². The Bertz CT molecular complexity index is 328. The van der Waals surface area contributed by atoms with Gasteiger partial charge in [0.15, 0.2) is 0 Å². The van der Waals surface area contributed by atoms with Crippen molar-refractivity contribution in [3.05, 3.63) is 0 Å². The highest BCUT2D eigenvalue weighted by atomic mass is 16.1. The maximum atomic E-state index is 11.8. The molecule has 0 aromatic heterocycles. The van der Waals surface area contributed by atoms with Crippen LogP contribution in [0.5, 0.6) is 0 Å². The second-order valence-electron chi connectivity index (χ2n) is 6.84. The Kier molecular flexibility index (Phi) is 5.44. The van der Waals surface area contributed by atoms with Crippen molar-refractivity contribution in [2.75, 3.05) is 13.1 Å². The van der Waals surface area contributed by atoms with Gasteiger partial charge in [0, 0.05) is 18.6 Å². The highest BCUT2D eigenvalue weighted by Crippen LogP contribution is 2.26.